The molecule has 0 saturated carbocycles. The highest BCUT2D eigenvalue weighted by molar-refractivity contribution is 5.82. The highest BCUT2D eigenvalue weighted by Gasteiger charge is 2.34. The van der Waals surface area contributed by atoms with E-state index in [-0.39, 0.29) is 0 Å². The topological polar surface area (TPSA) is 87.2 Å². The highest BCUT2D eigenvalue weighted by atomic mass is 19.4. The normalized spacial score (nSPS) is 14.7. The molecule has 1 amide bonds. The SMILES string of the molecule is COc1cc(-c2ccc3nc(Cc4cc(CN5CCN(C(=O)CC(F)(F)F)CC5)ccn4)[nH]c3c2)ccn1. The minimum Gasteiger partial charge on any atom is -0.481 e. The summed E-state index contributed by atoms with van der Waals surface area (Å²) in [5, 5.41) is 0. The first-order valence-corrected chi connectivity index (χ1v) is 12.3. The molecule has 0 atom stereocenters. The molecule has 38 heavy (non-hydrogen) atoms. The van der Waals surface area contributed by atoms with Crippen LogP contribution < -0.4 is 4.74 Å². The van der Waals surface area contributed by atoms with Gasteiger partial charge >= 0.3 is 6.18 Å². The zero-order valence-electron chi connectivity index (χ0n) is 20.8. The van der Waals surface area contributed by atoms with Crippen LogP contribution in [0, 0.1) is 0 Å². The van der Waals surface area contributed by atoms with Gasteiger partial charge in [-0.25, -0.2) is 9.97 Å². The number of pyridine rings is 2. The number of ether oxygens (including phenoxy) is 1. The second-order valence-electron chi connectivity index (χ2n) is 9.28. The first-order valence-electron chi connectivity index (χ1n) is 12.3. The van der Waals surface area contributed by atoms with Gasteiger partial charge in [0.15, 0.2) is 0 Å². The molecule has 5 rings (SSSR count). The average Bonchev–Trinajstić information content (AvgIpc) is 3.30. The number of hydrogen-bond donors (Lipinski definition) is 1. The molecule has 198 valence electrons. The minimum atomic E-state index is -4.47. The Morgan fingerprint density at radius 1 is 1.00 bits per heavy atom. The van der Waals surface area contributed by atoms with E-state index < -0.39 is 18.5 Å². The van der Waals surface area contributed by atoms with Crippen molar-refractivity contribution >= 4 is 16.9 Å². The largest absolute Gasteiger partial charge is 0.481 e. The Labute approximate surface area is 217 Å². The average molecular weight is 525 g/mol. The van der Waals surface area contributed by atoms with Crippen LogP contribution in [0.5, 0.6) is 5.88 Å². The maximum atomic E-state index is 12.5. The van der Waals surface area contributed by atoms with Crippen molar-refractivity contribution in [3.05, 3.63) is 71.9 Å². The lowest BCUT2D eigenvalue weighted by Crippen LogP contribution is -2.49. The van der Waals surface area contributed by atoms with Gasteiger partial charge in [-0.15, -0.1) is 0 Å². The van der Waals surface area contributed by atoms with Crippen molar-refractivity contribution in [3.63, 3.8) is 0 Å². The summed E-state index contributed by atoms with van der Waals surface area (Å²) in [6, 6.07) is 13.8. The van der Waals surface area contributed by atoms with Crippen molar-refractivity contribution in [3.8, 4) is 17.0 Å². The maximum absolute atomic E-state index is 12.5. The molecule has 0 spiro atoms. The first-order chi connectivity index (χ1) is 18.3. The maximum Gasteiger partial charge on any atom is 0.397 e. The Kier molecular flexibility index (Phi) is 7.28. The number of alkyl halides is 3. The number of carbonyl (C=O) groups is 1. The van der Waals surface area contributed by atoms with Crippen LogP contribution in [0.4, 0.5) is 13.2 Å². The lowest BCUT2D eigenvalue weighted by atomic mass is 10.1. The van der Waals surface area contributed by atoms with E-state index in [1.165, 1.54) is 4.90 Å². The van der Waals surface area contributed by atoms with Crippen molar-refractivity contribution in [1.82, 2.24) is 29.7 Å². The molecule has 1 aliphatic rings. The number of methoxy groups -OCH3 is 1. The fourth-order valence-corrected chi connectivity index (χ4v) is 4.62. The quantitative estimate of drug-likeness (QED) is 0.390. The van der Waals surface area contributed by atoms with Gasteiger partial charge in [-0.2, -0.15) is 13.2 Å². The molecule has 1 aromatic carbocycles. The number of piperazine rings is 1. The minimum absolute atomic E-state index is 0.292. The van der Waals surface area contributed by atoms with Gasteiger partial charge in [-0.1, -0.05) is 6.07 Å². The van der Waals surface area contributed by atoms with Crippen molar-refractivity contribution in [2.45, 2.75) is 25.6 Å². The third-order valence-corrected chi connectivity index (χ3v) is 6.52. The van der Waals surface area contributed by atoms with Gasteiger partial charge in [0.05, 0.1) is 18.1 Å². The number of rotatable bonds is 7. The van der Waals surface area contributed by atoms with Gasteiger partial charge in [-0.3, -0.25) is 14.7 Å². The smallest absolute Gasteiger partial charge is 0.397 e. The number of nitrogens with zero attached hydrogens (tertiary/aromatic N) is 5. The van der Waals surface area contributed by atoms with E-state index in [0.717, 1.165) is 39.2 Å². The zero-order chi connectivity index (χ0) is 26.7. The third kappa shape index (κ3) is 6.28. The number of aromatic nitrogens is 4. The number of halogens is 3. The van der Waals surface area contributed by atoms with Gasteiger partial charge < -0.3 is 14.6 Å². The fraction of sp³-hybridized carbons (Fsp3) is 0.333. The van der Waals surface area contributed by atoms with Gasteiger partial charge in [0.1, 0.15) is 12.2 Å². The number of H-pyrrole nitrogens is 1. The molecule has 8 nitrogen and oxygen atoms in total. The zero-order valence-corrected chi connectivity index (χ0v) is 20.8. The molecule has 3 aromatic heterocycles. The van der Waals surface area contributed by atoms with Crippen LogP contribution >= 0.6 is 0 Å². The molecule has 1 saturated heterocycles. The van der Waals surface area contributed by atoms with Crippen molar-refractivity contribution in [1.29, 1.82) is 0 Å². The second kappa shape index (κ2) is 10.8. The summed E-state index contributed by atoms with van der Waals surface area (Å²) >= 11 is 0. The van der Waals surface area contributed by atoms with Crippen LogP contribution in [0.2, 0.25) is 0 Å². The summed E-state index contributed by atoms with van der Waals surface area (Å²) in [5.74, 6) is 0.489. The summed E-state index contributed by atoms with van der Waals surface area (Å²) in [7, 11) is 1.59. The van der Waals surface area contributed by atoms with Crippen molar-refractivity contribution < 1.29 is 22.7 Å². The summed E-state index contributed by atoms with van der Waals surface area (Å²) in [6.45, 7) is 2.27. The van der Waals surface area contributed by atoms with Crippen LogP contribution in [0.1, 0.15) is 23.5 Å². The Morgan fingerprint density at radius 2 is 1.76 bits per heavy atom. The molecule has 11 heteroatoms. The monoisotopic (exact) mass is 524 g/mol. The van der Waals surface area contributed by atoms with Gasteiger partial charge in [-0.05, 0) is 47.0 Å². The molecule has 1 fully saturated rings. The Bertz CT molecular complexity index is 1430. The predicted octanol–water partition coefficient (Wildman–Crippen LogP) is 4.22. The van der Waals surface area contributed by atoms with E-state index in [2.05, 4.69) is 19.9 Å². The van der Waals surface area contributed by atoms with Crippen LogP contribution in [0.25, 0.3) is 22.2 Å². The number of fused-ring (bicyclic) bond motifs is 1. The lowest BCUT2D eigenvalue weighted by Gasteiger charge is -2.35. The third-order valence-electron chi connectivity index (χ3n) is 6.52. The Morgan fingerprint density at radius 3 is 2.53 bits per heavy atom. The standard InChI is InChI=1S/C27H27F3N6O2/c1-38-25-14-20(5-7-32-25)19-2-3-22-23(13-19)34-24(33-22)15-21-12-18(4-6-31-21)17-35-8-10-36(11-9-35)26(37)16-27(28,29)30/h2-7,12-14H,8-11,15-17H2,1H3,(H,33,34). The van der Waals surface area contributed by atoms with E-state index in [0.29, 0.717) is 45.0 Å². The van der Waals surface area contributed by atoms with Gasteiger partial charge in [0, 0.05) is 63.3 Å². The number of aromatic amines is 1. The van der Waals surface area contributed by atoms with E-state index in [4.69, 9.17) is 9.72 Å². The molecule has 1 N–H and O–H groups in total. The molecule has 0 aliphatic carbocycles. The molecule has 4 heterocycles. The van der Waals surface area contributed by atoms with Gasteiger partial charge in [0.2, 0.25) is 11.8 Å². The first kappa shape index (κ1) is 25.7. The molecular formula is C27H27F3N6O2. The van der Waals surface area contributed by atoms with Crippen molar-refractivity contribution in [2.75, 3.05) is 33.3 Å². The van der Waals surface area contributed by atoms with E-state index in [9.17, 15) is 18.0 Å². The molecule has 0 radical (unpaired) electrons. The van der Waals surface area contributed by atoms with E-state index in [1.54, 1.807) is 19.5 Å². The molecule has 0 unspecified atom stereocenters. The summed E-state index contributed by atoms with van der Waals surface area (Å²) < 4.78 is 42.8. The molecule has 0 bridgehead atoms. The van der Waals surface area contributed by atoms with Crippen LogP contribution in [-0.4, -0.2) is 75.1 Å². The van der Waals surface area contributed by atoms with E-state index in [1.807, 2.05) is 42.5 Å². The molecular weight excluding hydrogens is 497 g/mol. The molecule has 4 aromatic rings. The van der Waals surface area contributed by atoms with Gasteiger partial charge in [0.25, 0.3) is 0 Å². The number of nitrogens with one attached hydrogen (secondary N) is 1. The van der Waals surface area contributed by atoms with Crippen LogP contribution in [0.3, 0.4) is 0 Å². The lowest BCUT2D eigenvalue weighted by molar-refractivity contribution is -0.162. The number of imidazole rings is 1. The Hall–Kier alpha value is -3.99. The summed E-state index contributed by atoms with van der Waals surface area (Å²) in [4.78, 5) is 32.0. The predicted molar refractivity (Wildman–Crippen MR) is 135 cm³/mol. The van der Waals surface area contributed by atoms with Crippen molar-refractivity contribution in [2.24, 2.45) is 0 Å². The fourth-order valence-electron chi connectivity index (χ4n) is 4.62. The number of amides is 1. The van der Waals surface area contributed by atoms with Crippen LogP contribution in [0.15, 0.2) is 54.9 Å². The molecule has 1 aliphatic heterocycles. The van der Waals surface area contributed by atoms with E-state index >= 15 is 0 Å². The summed E-state index contributed by atoms with van der Waals surface area (Å²) in [5.41, 5.74) is 5.71. The highest BCUT2D eigenvalue weighted by Crippen LogP contribution is 2.26. The Balaban J connectivity index is 1.21. The second-order valence-corrected chi connectivity index (χ2v) is 9.28. The summed E-state index contributed by atoms with van der Waals surface area (Å²) in [6.07, 6.45) is -1.88. The number of carbonyl (C=O) groups excluding carboxylic acids is 1. The van der Waals surface area contributed by atoms with Crippen LogP contribution in [-0.2, 0) is 17.8 Å². The number of hydrogen-bond acceptors (Lipinski definition) is 6. The number of benzene rings is 1.